The minimum absolute atomic E-state index is 0.873. The standard InChI is InChI=1S/C44H25NO2S/c1-2-12-26(13-3-1)45-37-24-6-4-15-35(37)44-39(45)36-23-11-22-34(43(36)48-44)33-21-10-20-32-31-19-9-18-30(41(31)47-42(32)33)29-17-8-16-28-27-14-5-7-25-38(27)46-40(28)29/h1-25H. The Morgan fingerprint density at radius 2 is 0.896 bits per heavy atom. The summed E-state index contributed by atoms with van der Waals surface area (Å²) < 4.78 is 18.4. The normalized spacial score (nSPS) is 12.2. The monoisotopic (exact) mass is 631 g/mol. The van der Waals surface area contributed by atoms with Crippen molar-refractivity contribution in [2.45, 2.75) is 0 Å². The van der Waals surface area contributed by atoms with E-state index in [1.165, 1.54) is 42.5 Å². The Labute approximate surface area is 278 Å². The molecule has 0 atom stereocenters. The lowest BCUT2D eigenvalue weighted by Crippen LogP contribution is -1.92. The number of hydrogen-bond donors (Lipinski definition) is 0. The molecule has 48 heavy (non-hydrogen) atoms. The maximum absolute atomic E-state index is 6.97. The van der Waals surface area contributed by atoms with Crippen molar-refractivity contribution in [3.05, 3.63) is 152 Å². The molecule has 0 spiro atoms. The van der Waals surface area contributed by atoms with E-state index in [1.54, 1.807) is 0 Å². The third kappa shape index (κ3) is 3.47. The summed E-state index contributed by atoms with van der Waals surface area (Å²) in [5.41, 5.74) is 11.5. The number of fused-ring (bicyclic) bond motifs is 11. The van der Waals surface area contributed by atoms with Gasteiger partial charge in [-0.1, -0.05) is 127 Å². The Balaban J connectivity index is 1.18. The van der Waals surface area contributed by atoms with E-state index >= 15 is 0 Å². The van der Waals surface area contributed by atoms with Gasteiger partial charge in [0.15, 0.2) is 0 Å². The second kappa shape index (κ2) is 9.71. The summed E-state index contributed by atoms with van der Waals surface area (Å²) >= 11 is 1.87. The lowest BCUT2D eigenvalue weighted by atomic mass is 9.98. The molecule has 0 bridgehead atoms. The van der Waals surface area contributed by atoms with Crippen LogP contribution in [0, 0.1) is 0 Å². The van der Waals surface area contributed by atoms with E-state index in [2.05, 4.69) is 144 Å². The van der Waals surface area contributed by atoms with Gasteiger partial charge in [-0.25, -0.2) is 0 Å². The van der Waals surface area contributed by atoms with Crippen LogP contribution in [-0.4, -0.2) is 4.57 Å². The van der Waals surface area contributed by atoms with Crippen LogP contribution in [0.3, 0.4) is 0 Å². The van der Waals surface area contributed by atoms with Gasteiger partial charge in [-0.05, 0) is 24.3 Å². The van der Waals surface area contributed by atoms with E-state index in [1.807, 2.05) is 23.5 Å². The van der Waals surface area contributed by atoms with Crippen LogP contribution in [0.5, 0.6) is 0 Å². The molecule has 11 aromatic rings. The fourth-order valence-electron chi connectivity index (χ4n) is 7.75. The Morgan fingerprint density at radius 3 is 1.62 bits per heavy atom. The first kappa shape index (κ1) is 26.0. The highest BCUT2D eigenvalue weighted by Crippen LogP contribution is 2.48. The van der Waals surface area contributed by atoms with Gasteiger partial charge in [-0.2, -0.15) is 0 Å². The second-order valence-corrected chi connectivity index (χ2v) is 13.4. The highest BCUT2D eigenvalue weighted by Gasteiger charge is 2.22. The van der Waals surface area contributed by atoms with Crippen molar-refractivity contribution in [2.24, 2.45) is 0 Å². The van der Waals surface area contributed by atoms with Crippen molar-refractivity contribution in [1.29, 1.82) is 0 Å². The third-order valence-electron chi connectivity index (χ3n) is 9.83. The summed E-state index contributed by atoms with van der Waals surface area (Å²) in [5, 5.41) is 6.96. The Kier molecular flexibility index (Phi) is 5.26. The molecule has 0 radical (unpaired) electrons. The number of furan rings is 2. The smallest absolute Gasteiger partial charge is 0.143 e. The number of benzene rings is 7. The quantitative estimate of drug-likeness (QED) is 0.194. The minimum Gasteiger partial charge on any atom is -0.455 e. The molecule has 4 aromatic heterocycles. The van der Waals surface area contributed by atoms with Gasteiger partial charge in [0.1, 0.15) is 22.3 Å². The van der Waals surface area contributed by atoms with E-state index in [0.717, 1.165) is 60.6 Å². The Bertz CT molecular complexity index is 3060. The molecular weight excluding hydrogens is 607 g/mol. The van der Waals surface area contributed by atoms with E-state index in [9.17, 15) is 0 Å². The maximum atomic E-state index is 6.97. The van der Waals surface area contributed by atoms with Crippen LogP contribution < -0.4 is 0 Å². The molecule has 0 aliphatic heterocycles. The van der Waals surface area contributed by atoms with Gasteiger partial charge in [0.25, 0.3) is 0 Å². The fraction of sp³-hybridized carbons (Fsp3) is 0. The van der Waals surface area contributed by atoms with Gasteiger partial charge in [0.05, 0.1) is 15.7 Å². The predicted octanol–water partition coefficient (Wildman–Crippen LogP) is 13.1. The highest BCUT2D eigenvalue weighted by molar-refractivity contribution is 7.27. The molecule has 0 saturated carbocycles. The molecule has 0 aliphatic rings. The number of para-hydroxylation sites is 6. The highest BCUT2D eigenvalue weighted by atomic mass is 32.1. The van der Waals surface area contributed by atoms with E-state index in [0.29, 0.717) is 0 Å². The predicted molar refractivity (Wildman–Crippen MR) is 202 cm³/mol. The van der Waals surface area contributed by atoms with Crippen LogP contribution in [0.4, 0.5) is 0 Å². The zero-order chi connectivity index (χ0) is 31.3. The number of rotatable bonds is 3. The van der Waals surface area contributed by atoms with Crippen molar-refractivity contribution in [3.63, 3.8) is 0 Å². The molecule has 0 fully saturated rings. The van der Waals surface area contributed by atoms with Gasteiger partial charge in [0.2, 0.25) is 0 Å². The average molecular weight is 632 g/mol. The first-order valence-corrected chi connectivity index (χ1v) is 17.0. The summed E-state index contributed by atoms with van der Waals surface area (Å²) in [6, 6.07) is 53.7. The molecule has 0 amide bonds. The second-order valence-electron chi connectivity index (χ2n) is 12.4. The average Bonchev–Trinajstić information content (AvgIpc) is 3.90. The van der Waals surface area contributed by atoms with E-state index in [4.69, 9.17) is 8.83 Å². The van der Waals surface area contributed by atoms with Crippen molar-refractivity contribution in [2.75, 3.05) is 0 Å². The third-order valence-corrected chi connectivity index (χ3v) is 11.1. The minimum atomic E-state index is 0.873. The van der Waals surface area contributed by atoms with E-state index in [-0.39, 0.29) is 0 Å². The largest absolute Gasteiger partial charge is 0.455 e. The van der Waals surface area contributed by atoms with E-state index < -0.39 is 0 Å². The Hall–Kier alpha value is -6.10. The van der Waals surface area contributed by atoms with Crippen LogP contribution >= 0.6 is 11.3 Å². The summed E-state index contributed by atoms with van der Waals surface area (Å²) in [7, 11) is 0. The molecule has 7 aromatic carbocycles. The zero-order valence-electron chi connectivity index (χ0n) is 25.6. The van der Waals surface area contributed by atoms with Gasteiger partial charge < -0.3 is 13.4 Å². The molecule has 224 valence electrons. The molecule has 0 saturated heterocycles. The fourth-order valence-corrected chi connectivity index (χ4v) is 9.10. The lowest BCUT2D eigenvalue weighted by Gasteiger charge is -2.09. The molecule has 0 N–H and O–H groups in total. The molecule has 4 heteroatoms. The number of aromatic nitrogens is 1. The molecular formula is C44H25NO2S. The SMILES string of the molecule is c1ccc(-n2c3ccccc3c3sc4c(-c5cccc6c5oc5c(-c7cccc8c7oc7ccccc78)cccc56)cccc4c32)cc1. The molecule has 11 rings (SSSR count). The van der Waals surface area contributed by atoms with Crippen LogP contribution in [0.1, 0.15) is 0 Å². The molecule has 0 unspecified atom stereocenters. The summed E-state index contributed by atoms with van der Waals surface area (Å²) in [6.45, 7) is 0. The van der Waals surface area contributed by atoms with Crippen molar-refractivity contribution in [3.8, 4) is 27.9 Å². The van der Waals surface area contributed by atoms with Crippen molar-refractivity contribution >= 4 is 86.4 Å². The van der Waals surface area contributed by atoms with Crippen LogP contribution in [0.15, 0.2) is 160 Å². The first-order chi connectivity index (χ1) is 23.8. The Morgan fingerprint density at radius 1 is 0.375 bits per heavy atom. The summed E-state index contributed by atoms with van der Waals surface area (Å²) in [4.78, 5) is 0. The first-order valence-electron chi connectivity index (χ1n) is 16.2. The van der Waals surface area contributed by atoms with Crippen LogP contribution in [0.2, 0.25) is 0 Å². The van der Waals surface area contributed by atoms with Gasteiger partial charge in [0, 0.05) is 65.0 Å². The van der Waals surface area contributed by atoms with Crippen LogP contribution in [0.25, 0.3) is 103 Å². The van der Waals surface area contributed by atoms with Gasteiger partial charge in [-0.3, -0.25) is 0 Å². The van der Waals surface area contributed by atoms with Crippen LogP contribution in [-0.2, 0) is 0 Å². The van der Waals surface area contributed by atoms with Gasteiger partial charge in [-0.15, -0.1) is 11.3 Å². The molecule has 4 heterocycles. The number of nitrogens with zero attached hydrogens (tertiary/aromatic N) is 1. The maximum Gasteiger partial charge on any atom is 0.143 e. The lowest BCUT2D eigenvalue weighted by molar-refractivity contribution is 0.665. The number of thiophene rings is 1. The topological polar surface area (TPSA) is 31.2 Å². The molecule has 3 nitrogen and oxygen atoms in total. The zero-order valence-corrected chi connectivity index (χ0v) is 26.4. The summed E-state index contributed by atoms with van der Waals surface area (Å²) in [5.74, 6) is 0. The number of hydrogen-bond acceptors (Lipinski definition) is 3. The summed E-state index contributed by atoms with van der Waals surface area (Å²) in [6.07, 6.45) is 0. The van der Waals surface area contributed by atoms with Crippen molar-refractivity contribution < 1.29 is 8.83 Å². The van der Waals surface area contributed by atoms with Gasteiger partial charge >= 0.3 is 0 Å². The van der Waals surface area contributed by atoms with Crippen molar-refractivity contribution in [1.82, 2.24) is 4.57 Å². The molecule has 0 aliphatic carbocycles.